The molecule has 0 saturated carbocycles. The molecule has 1 unspecified atom stereocenters. The molecule has 3 aromatic rings. The van der Waals surface area contributed by atoms with Crippen LogP contribution < -0.4 is 10.9 Å². The number of hydrogen-bond acceptors (Lipinski definition) is 5. The minimum atomic E-state index is -0.293. The molecule has 2 N–H and O–H groups in total. The van der Waals surface area contributed by atoms with E-state index in [9.17, 15) is 9.59 Å². The Morgan fingerprint density at radius 1 is 1.32 bits per heavy atom. The first-order valence-electron chi connectivity index (χ1n) is 7.87. The first-order valence-corrected chi connectivity index (χ1v) is 8.75. The van der Waals surface area contributed by atoms with Crippen LogP contribution in [0.3, 0.4) is 0 Å². The normalized spacial score (nSPS) is 11.9. The summed E-state index contributed by atoms with van der Waals surface area (Å²) in [4.78, 5) is 36.9. The number of rotatable bonds is 5. The predicted molar refractivity (Wildman–Crippen MR) is 97.4 cm³/mol. The molecule has 3 rings (SSSR count). The van der Waals surface area contributed by atoms with E-state index in [1.54, 1.807) is 42.8 Å². The quantitative estimate of drug-likeness (QED) is 0.737. The van der Waals surface area contributed by atoms with Crippen molar-refractivity contribution in [3.05, 3.63) is 68.5 Å². The maximum Gasteiger partial charge on any atom is 0.255 e. The Morgan fingerprint density at radius 2 is 2.08 bits per heavy atom. The Labute approximate surface area is 149 Å². The summed E-state index contributed by atoms with van der Waals surface area (Å²) in [5.74, 6) is 0.272. The molecule has 1 amide bonds. The van der Waals surface area contributed by atoms with Crippen molar-refractivity contribution in [3.63, 3.8) is 0 Å². The van der Waals surface area contributed by atoms with Gasteiger partial charge in [-0.1, -0.05) is 6.07 Å². The highest BCUT2D eigenvalue weighted by Gasteiger charge is 2.16. The average molecular weight is 354 g/mol. The van der Waals surface area contributed by atoms with Gasteiger partial charge >= 0.3 is 0 Å². The second kappa shape index (κ2) is 7.40. The van der Waals surface area contributed by atoms with Crippen LogP contribution in [0.1, 0.15) is 29.1 Å². The summed E-state index contributed by atoms with van der Waals surface area (Å²) in [5, 5.41) is 4.88. The summed E-state index contributed by atoms with van der Waals surface area (Å²) in [6, 6.07) is 7.37. The lowest BCUT2D eigenvalue weighted by molar-refractivity contribution is -0.121. The third kappa shape index (κ3) is 4.00. The van der Waals surface area contributed by atoms with E-state index >= 15 is 0 Å². The van der Waals surface area contributed by atoms with Crippen LogP contribution in [0.2, 0.25) is 0 Å². The van der Waals surface area contributed by atoms with Crippen molar-refractivity contribution in [1.82, 2.24) is 20.3 Å². The third-order valence-electron chi connectivity index (χ3n) is 3.86. The van der Waals surface area contributed by atoms with Crippen molar-refractivity contribution in [1.29, 1.82) is 0 Å². The summed E-state index contributed by atoms with van der Waals surface area (Å²) in [6.07, 6.45) is 3.27. The van der Waals surface area contributed by atoms with Crippen molar-refractivity contribution >= 4 is 17.2 Å². The lowest BCUT2D eigenvalue weighted by Gasteiger charge is -2.13. The molecule has 0 aromatic carbocycles. The summed E-state index contributed by atoms with van der Waals surface area (Å²) in [6.45, 7) is 3.66. The van der Waals surface area contributed by atoms with Gasteiger partial charge in [0.05, 0.1) is 12.5 Å². The molecule has 0 fully saturated rings. The van der Waals surface area contributed by atoms with Crippen LogP contribution in [0.5, 0.6) is 0 Å². The second-order valence-electron chi connectivity index (χ2n) is 5.70. The molecule has 7 heteroatoms. The van der Waals surface area contributed by atoms with Gasteiger partial charge in [0.2, 0.25) is 5.91 Å². The van der Waals surface area contributed by atoms with Crippen molar-refractivity contribution < 1.29 is 4.79 Å². The van der Waals surface area contributed by atoms with Crippen LogP contribution in [0.4, 0.5) is 0 Å². The fourth-order valence-electron chi connectivity index (χ4n) is 2.53. The van der Waals surface area contributed by atoms with Gasteiger partial charge in [0, 0.05) is 34.1 Å². The highest BCUT2D eigenvalue weighted by molar-refractivity contribution is 7.10. The first-order chi connectivity index (χ1) is 12.0. The standard InChI is InChI=1S/C18H18N4O2S/c1-11-14(10-16(23)20-12(2)15-4-3-9-25-15)18(24)22-17(21-11)13-5-7-19-8-6-13/h3-9,12H,10H2,1-2H3,(H,20,23)(H,21,22,24). The second-order valence-corrected chi connectivity index (χ2v) is 6.68. The zero-order chi connectivity index (χ0) is 17.8. The van der Waals surface area contributed by atoms with Crippen LogP contribution in [-0.4, -0.2) is 20.9 Å². The van der Waals surface area contributed by atoms with Gasteiger partial charge < -0.3 is 10.3 Å². The number of carbonyl (C=O) groups excluding carboxylic acids is 1. The van der Waals surface area contributed by atoms with Gasteiger partial charge in [-0.3, -0.25) is 14.6 Å². The molecule has 1 atom stereocenters. The van der Waals surface area contributed by atoms with Crippen molar-refractivity contribution in [3.8, 4) is 11.4 Å². The molecule has 0 aliphatic rings. The summed E-state index contributed by atoms with van der Waals surface area (Å²) in [7, 11) is 0. The van der Waals surface area contributed by atoms with E-state index in [2.05, 4.69) is 20.3 Å². The SMILES string of the molecule is Cc1nc(-c2ccncc2)[nH]c(=O)c1CC(=O)NC(C)c1cccs1. The molecular formula is C18H18N4O2S. The molecule has 3 aromatic heterocycles. The number of carbonyl (C=O) groups is 1. The van der Waals surface area contributed by atoms with E-state index < -0.39 is 0 Å². The monoisotopic (exact) mass is 354 g/mol. The van der Waals surface area contributed by atoms with Gasteiger partial charge in [0.15, 0.2) is 0 Å². The smallest absolute Gasteiger partial charge is 0.255 e. The number of aromatic amines is 1. The Kier molecular flexibility index (Phi) is 5.04. The molecule has 0 aliphatic carbocycles. The van der Waals surface area contributed by atoms with Crippen LogP contribution in [0.15, 0.2) is 46.8 Å². The van der Waals surface area contributed by atoms with E-state index in [1.807, 2.05) is 24.4 Å². The minimum absolute atomic E-state index is 0.000503. The number of nitrogens with one attached hydrogen (secondary N) is 2. The van der Waals surface area contributed by atoms with E-state index in [-0.39, 0.29) is 23.9 Å². The fourth-order valence-corrected chi connectivity index (χ4v) is 3.26. The molecule has 0 saturated heterocycles. The molecule has 0 bridgehead atoms. The van der Waals surface area contributed by atoms with E-state index in [0.29, 0.717) is 17.1 Å². The van der Waals surface area contributed by atoms with Crippen LogP contribution in [0, 0.1) is 6.92 Å². The number of aromatic nitrogens is 3. The molecule has 6 nitrogen and oxygen atoms in total. The van der Waals surface area contributed by atoms with Gasteiger partial charge in [0.25, 0.3) is 5.56 Å². The van der Waals surface area contributed by atoms with Crippen molar-refractivity contribution in [2.24, 2.45) is 0 Å². The largest absolute Gasteiger partial charge is 0.348 e. The van der Waals surface area contributed by atoms with Crippen LogP contribution in [-0.2, 0) is 11.2 Å². The van der Waals surface area contributed by atoms with Crippen molar-refractivity contribution in [2.45, 2.75) is 26.3 Å². The molecule has 128 valence electrons. The van der Waals surface area contributed by atoms with Crippen molar-refractivity contribution in [2.75, 3.05) is 0 Å². The Morgan fingerprint density at radius 3 is 2.72 bits per heavy atom. The van der Waals surface area contributed by atoms with E-state index in [1.165, 1.54) is 0 Å². The van der Waals surface area contributed by atoms with Gasteiger partial charge in [0.1, 0.15) is 5.82 Å². The van der Waals surface area contributed by atoms with Crippen LogP contribution >= 0.6 is 11.3 Å². The Hall–Kier alpha value is -2.80. The predicted octanol–water partition coefficient (Wildman–Crippen LogP) is 2.62. The summed E-state index contributed by atoms with van der Waals surface area (Å²) >= 11 is 1.59. The Balaban J connectivity index is 1.77. The summed E-state index contributed by atoms with van der Waals surface area (Å²) in [5.41, 5.74) is 1.42. The average Bonchev–Trinajstić information content (AvgIpc) is 3.13. The molecule has 0 aliphatic heterocycles. The molecule has 0 spiro atoms. The number of amides is 1. The molecular weight excluding hydrogens is 336 g/mol. The van der Waals surface area contributed by atoms with E-state index in [4.69, 9.17) is 0 Å². The zero-order valence-corrected chi connectivity index (χ0v) is 14.8. The molecule has 0 radical (unpaired) electrons. The lowest BCUT2D eigenvalue weighted by atomic mass is 10.1. The van der Waals surface area contributed by atoms with Gasteiger partial charge in [-0.15, -0.1) is 11.3 Å². The lowest BCUT2D eigenvalue weighted by Crippen LogP contribution is -2.30. The number of hydrogen-bond donors (Lipinski definition) is 2. The van der Waals surface area contributed by atoms with E-state index in [0.717, 1.165) is 10.4 Å². The fraction of sp³-hybridized carbons (Fsp3) is 0.222. The third-order valence-corrected chi connectivity index (χ3v) is 4.92. The van der Waals surface area contributed by atoms with Gasteiger partial charge in [-0.25, -0.2) is 4.98 Å². The summed E-state index contributed by atoms with van der Waals surface area (Å²) < 4.78 is 0. The van der Waals surface area contributed by atoms with Gasteiger partial charge in [-0.05, 0) is 37.4 Å². The maximum atomic E-state index is 12.4. The minimum Gasteiger partial charge on any atom is -0.348 e. The molecule has 3 heterocycles. The number of pyridine rings is 1. The number of aryl methyl sites for hydroxylation is 1. The molecule has 25 heavy (non-hydrogen) atoms. The maximum absolute atomic E-state index is 12.4. The zero-order valence-electron chi connectivity index (χ0n) is 13.9. The highest BCUT2D eigenvalue weighted by atomic mass is 32.1. The Bertz CT molecular complexity index is 920. The number of thiophene rings is 1. The highest BCUT2D eigenvalue weighted by Crippen LogP contribution is 2.18. The first kappa shape index (κ1) is 17.0. The topological polar surface area (TPSA) is 87.7 Å². The number of nitrogens with zero attached hydrogens (tertiary/aromatic N) is 2. The van der Waals surface area contributed by atoms with Gasteiger partial charge in [-0.2, -0.15) is 0 Å². The van der Waals surface area contributed by atoms with Crippen LogP contribution in [0.25, 0.3) is 11.4 Å². The number of H-pyrrole nitrogens is 1.